The van der Waals surface area contributed by atoms with E-state index in [9.17, 15) is 14.0 Å². The van der Waals surface area contributed by atoms with Crippen LogP contribution in [0.1, 0.15) is 16.8 Å². The molecule has 0 spiro atoms. The maximum absolute atomic E-state index is 13.3. The van der Waals surface area contributed by atoms with Gasteiger partial charge >= 0.3 is 5.97 Å². The molecule has 102 valence electrons. The van der Waals surface area contributed by atoms with E-state index >= 15 is 0 Å². The number of amides is 1. The first-order valence-corrected chi connectivity index (χ1v) is 5.77. The molecule has 0 radical (unpaired) electrons. The Kier molecular flexibility index (Phi) is 3.28. The Labute approximate surface area is 108 Å². The van der Waals surface area contributed by atoms with Crippen LogP contribution in [-0.2, 0) is 4.79 Å². The van der Waals surface area contributed by atoms with E-state index in [0.29, 0.717) is 25.2 Å². The molecule has 19 heavy (non-hydrogen) atoms. The Morgan fingerprint density at radius 3 is 2.63 bits per heavy atom. The van der Waals surface area contributed by atoms with Gasteiger partial charge in [-0.3, -0.25) is 4.79 Å². The Bertz CT molecular complexity index is 547. The van der Waals surface area contributed by atoms with E-state index in [-0.39, 0.29) is 11.5 Å². The molecule has 1 aliphatic heterocycles. The number of carboxylic acid groups (broad SMARTS) is 1. The number of aromatic carboxylic acids is 1. The summed E-state index contributed by atoms with van der Waals surface area (Å²) in [6, 6.07) is 2.48. The highest BCUT2D eigenvalue weighted by molar-refractivity contribution is 6.00. The summed E-state index contributed by atoms with van der Waals surface area (Å²) in [6.45, 7) is 0.805. The molecule has 1 aromatic rings. The minimum absolute atomic E-state index is 0.273. The van der Waals surface area contributed by atoms with Crippen molar-refractivity contribution in [3.05, 3.63) is 23.5 Å². The van der Waals surface area contributed by atoms with E-state index in [1.54, 1.807) is 4.90 Å². The van der Waals surface area contributed by atoms with Crippen LogP contribution in [0.2, 0.25) is 0 Å². The van der Waals surface area contributed by atoms with Crippen LogP contribution < -0.4 is 16.4 Å². The minimum Gasteiger partial charge on any atom is -0.478 e. The summed E-state index contributed by atoms with van der Waals surface area (Å²) in [7, 11) is 0. The molecular formula is C12H14FN3O3. The van der Waals surface area contributed by atoms with Gasteiger partial charge in [0.2, 0.25) is 5.91 Å². The number of primary amides is 1. The number of nitrogens with zero attached hydrogens (tertiary/aromatic N) is 1. The van der Waals surface area contributed by atoms with E-state index in [1.807, 2.05) is 0 Å². The average molecular weight is 267 g/mol. The quantitative estimate of drug-likeness (QED) is 0.687. The van der Waals surface area contributed by atoms with Gasteiger partial charge in [0.05, 0.1) is 17.3 Å². The van der Waals surface area contributed by atoms with Gasteiger partial charge in [-0.2, -0.15) is 0 Å². The number of nitrogens with two attached hydrogens (primary N) is 2. The molecule has 0 saturated carbocycles. The lowest BCUT2D eigenvalue weighted by Crippen LogP contribution is -2.28. The second-order valence-electron chi connectivity index (χ2n) is 4.49. The summed E-state index contributed by atoms with van der Waals surface area (Å²) >= 11 is 0. The first-order valence-electron chi connectivity index (χ1n) is 5.77. The van der Waals surface area contributed by atoms with Crippen LogP contribution in [0.25, 0.3) is 0 Å². The van der Waals surface area contributed by atoms with Gasteiger partial charge in [-0.25, -0.2) is 9.18 Å². The van der Waals surface area contributed by atoms with Gasteiger partial charge in [0, 0.05) is 13.1 Å². The van der Waals surface area contributed by atoms with E-state index < -0.39 is 23.4 Å². The predicted molar refractivity (Wildman–Crippen MR) is 67.3 cm³/mol. The summed E-state index contributed by atoms with van der Waals surface area (Å²) in [5.74, 6) is -2.82. The molecule has 1 heterocycles. The molecule has 5 N–H and O–H groups in total. The summed E-state index contributed by atoms with van der Waals surface area (Å²) in [5, 5.41) is 9.14. The normalized spacial score (nSPS) is 18.6. The van der Waals surface area contributed by atoms with Crippen LogP contribution in [0.3, 0.4) is 0 Å². The molecule has 1 unspecified atom stereocenters. The van der Waals surface area contributed by atoms with Crippen molar-refractivity contribution in [2.24, 2.45) is 11.7 Å². The molecule has 1 fully saturated rings. The molecule has 0 bridgehead atoms. The van der Waals surface area contributed by atoms with E-state index in [4.69, 9.17) is 16.6 Å². The Morgan fingerprint density at radius 2 is 2.11 bits per heavy atom. The van der Waals surface area contributed by atoms with Gasteiger partial charge in [0.15, 0.2) is 0 Å². The Balaban J connectivity index is 2.39. The molecule has 6 nitrogen and oxygen atoms in total. The molecule has 1 aromatic carbocycles. The van der Waals surface area contributed by atoms with Crippen LogP contribution in [0.5, 0.6) is 0 Å². The lowest BCUT2D eigenvalue weighted by atomic mass is 10.1. The monoisotopic (exact) mass is 267 g/mol. The predicted octanol–water partition coefficient (Wildman–Crippen LogP) is 0.418. The van der Waals surface area contributed by atoms with Crippen molar-refractivity contribution >= 4 is 23.3 Å². The molecule has 1 saturated heterocycles. The van der Waals surface area contributed by atoms with Crippen molar-refractivity contribution in [2.45, 2.75) is 6.42 Å². The number of nitrogen functional groups attached to an aromatic ring is 1. The minimum atomic E-state index is -1.30. The zero-order chi connectivity index (χ0) is 14.2. The van der Waals surface area contributed by atoms with Gasteiger partial charge in [0.25, 0.3) is 0 Å². The van der Waals surface area contributed by atoms with Crippen molar-refractivity contribution < 1.29 is 19.1 Å². The summed E-state index contributed by atoms with van der Waals surface area (Å²) in [6.07, 6.45) is 0.547. The number of rotatable bonds is 3. The fourth-order valence-corrected chi connectivity index (χ4v) is 2.28. The highest BCUT2D eigenvalue weighted by atomic mass is 19.1. The molecular weight excluding hydrogens is 253 g/mol. The van der Waals surface area contributed by atoms with Gasteiger partial charge in [-0.1, -0.05) is 0 Å². The highest BCUT2D eigenvalue weighted by Gasteiger charge is 2.30. The smallest absolute Gasteiger partial charge is 0.340 e. The molecule has 2 rings (SSSR count). The molecule has 0 aromatic heterocycles. The third kappa shape index (κ3) is 2.31. The zero-order valence-electron chi connectivity index (χ0n) is 10.1. The summed E-state index contributed by atoms with van der Waals surface area (Å²) in [4.78, 5) is 24.0. The molecule has 0 aliphatic carbocycles. The van der Waals surface area contributed by atoms with Crippen LogP contribution in [0, 0.1) is 11.7 Å². The number of carbonyl (C=O) groups is 2. The number of hydrogen-bond donors (Lipinski definition) is 3. The van der Waals surface area contributed by atoms with Crippen LogP contribution in [0.15, 0.2) is 12.1 Å². The van der Waals surface area contributed by atoms with Crippen LogP contribution in [-0.4, -0.2) is 30.1 Å². The van der Waals surface area contributed by atoms with E-state index in [0.717, 1.165) is 6.07 Å². The van der Waals surface area contributed by atoms with Gasteiger partial charge in [-0.05, 0) is 18.6 Å². The second-order valence-corrected chi connectivity index (χ2v) is 4.49. The lowest BCUT2D eigenvalue weighted by Gasteiger charge is -2.21. The van der Waals surface area contributed by atoms with E-state index in [1.165, 1.54) is 6.07 Å². The van der Waals surface area contributed by atoms with Crippen molar-refractivity contribution in [1.29, 1.82) is 0 Å². The summed E-state index contributed by atoms with van der Waals surface area (Å²) < 4.78 is 13.3. The van der Waals surface area contributed by atoms with Crippen molar-refractivity contribution in [3.63, 3.8) is 0 Å². The SMILES string of the molecule is NC(=O)C1CCN(c2ccc(F)c(N)c2C(=O)O)C1. The topological polar surface area (TPSA) is 110 Å². The third-order valence-electron chi connectivity index (χ3n) is 3.32. The molecule has 1 amide bonds. The van der Waals surface area contributed by atoms with Crippen molar-refractivity contribution in [2.75, 3.05) is 23.7 Å². The maximum atomic E-state index is 13.3. The number of halogens is 1. The average Bonchev–Trinajstić information content (AvgIpc) is 2.81. The third-order valence-corrected chi connectivity index (χ3v) is 3.32. The molecule has 7 heteroatoms. The van der Waals surface area contributed by atoms with Gasteiger partial charge < -0.3 is 21.5 Å². The van der Waals surface area contributed by atoms with E-state index in [2.05, 4.69) is 0 Å². The standard InChI is InChI=1S/C12H14FN3O3/c13-7-1-2-8(9(10(7)14)12(18)19)16-4-3-6(5-16)11(15)17/h1-2,6H,3-5,14H2,(H2,15,17)(H,18,19). The second kappa shape index (κ2) is 4.75. The number of hydrogen-bond acceptors (Lipinski definition) is 4. The molecule has 1 atom stereocenters. The fraction of sp³-hybridized carbons (Fsp3) is 0.333. The number of carbonyl (C=O) groups excluding carboxylic acids is 1. The van der Waals surface area contributed by atoms with Crippen molar-refractivity contribution in [3.8, 4) is 0 Å². The molecule has 1 aliphatic rings. The van der Waals surface area contributed by atoms with Crippen molar-refractivity contribution in [1.82, 2.24) is 0 Å². The maximum Gasteiger partial charge on any atom is 0.340 e. The first kappa shape index (κ1) is 13.1. The number of anilines is 2. The summed E-state index contributed by atoms with van der Waals surface area (Å²) in [5.41, 5.74) is 10.3. The zero-order valence-corrected chi connectivity index (χ0v) is 10.1. The Hall–Kier alpha value is -2.31. The number of benzene rings is 1. The fourth-order valence-electron chi connectivity index (χ4n) is 2.28. The first-order chi connectivity index (χ1) is 8.91. The van der Waals surface area contributed by atoms with Gasteiger partial charge in [-0.15, -0.1) is 0 Å². The highest BCUT2D eigenvalue weighted by Crippen LogP contribution is 2.31. The Morgan fingerprint density at radius 1 is 1.42 bits per heavy atom. The lowest BCUT2D eigenvalue weighted by molar-refractivity contribution is -0.121. The largest absolute Gasteiger partial charge is 0.478 e. The van der Waals surface area contributed by atoms with Crippen LogP contribution in [0.4, 0.5) is 15.8 Å². The van der Waals surface area contributed by atoms with Gasteiger partial charge in [0.1, 0.15) is 11.4 Å². The number of carboxylic acids is 1. The van der Waals surface area contributed by atoms with Crippen LogP contribution >= 0.6 is 0 Å².